The summed E-state index contributed by atoms with van der Waals surface area (Å²) in [7, 11) is 3.24. The fourth-order valence-corrected chi connectivity index (χ4v) is 8.46. The number of aromatic nitrogens is 1. The standard InChI is InChI=1S/C55H65N9O10/c1-34(2)50(62-49(65)19-23-72-25-26-73-24-20-56)54(69)59-35(3)51(66)60-41-17-15-37(16-18-41)36-11-13-38(14-12-36)52(67)61-42-28-46(63(4)33-42)53(68)57-21-8-22-74-48-30-45-44(29-47(48)71-5)55(70)64-32-40-10-7-6-9-39(40)27-43(64)31-58-45/h6-7,9-18,28-31,33-35,43,50H,8,19-27,32,56H2,1-5H3,(H,57,68)(H,59,69)(H,60,66)(H,61,67)(H,62,65)/t35-,43-,50-/m0/s1. The Bertz CT molecular complexity index is 2830. The smallest absolute Gasteiger partial charge is 0.267 e. The molecule has 7 N–H and O–H groups in total. The van der Waals surface area contributed by atoms with E-state index in [1.165, 1.54) is 12.7 Å². The van der Waals surface area contributed by atoms with E-state index >= 15 is 0 Å². The Labute approximate surface area is 430 Å². The molecular formula is C55H65N9O10. The van der Waals surface area contributed by atoms with Crippen LogP contribution in [0.2, 0.25) is 0 Å². The number of carbonyl (C=O) groups excluding carboxylic acids is 6. The molecule has 0 spiro atoms. The molecule has 4 aromatic carbocycles. The maximum absolute atomic E-state index is 13.7. The molecule has 3 atom stereocenters. The second-order valence-electron chi connectivity index (χ2n) is 18.3. The van der Waals surface area contributed by atoms with E-state index in [0.717, 1.165) is 16.7 Å². The second-order valence-corrected chi connectivity index (χ2v) is 18.3. The zero-order chi connectivity index (χ0) is 52.7. The zero-order valence-electron chi connectivity index (χ0n) is 42.4. The highest BCUT2D eigenvalue weighted by Crippen LogP contribution is 2.38. The molecular weight excluding hydrogens is 947 g/mol. The van der Waals surface area contributed by atoms with Crippen molar-refractivity contribution < 1.29 is 47.7 Å². The van der Waals surface area contributed by atoms with Crippen LogP contribution >= 0.6 is 0 Å². The predicted molar refractivity (Wildman–Crippen MR) is 281 cm³/mol. The number of nitrogens with zero attached hydrogens (tertiary/aromatic N) is 3. The number of hydrogen-bond acceptors (Lipinski definition) is 12. The predicted octanol–water partition coefficient (Wildman–Crippen LogP) is 5.40. The average Bonchev–Trinajstić information content (AvgIpc) is 3.71. The lowest BCUT2D eigenvalue weighted by Gasteiger charge is -2.34. The van der Waals surface area contributed by atoms with Gasteiger partial charge in [-0.3, -0.25) is 33.8 Å². The van der Waals surface area contributed by atoms with Gasteiger partial charge in [0.05, 0.1) is 63.1 Å². The summed E-state index contributed by atoms with van der Waals surface area (Å²) in [5, 5.41) is 14.0. The maximum atomic E-state index is 13.7. The number of carbonyl (C=O) groups is 6. The summed E-state index contributed by atoms with van der Waals surface area (Å²) in [4.78, 5) is 85.4. The lowest BCUT2D eigenvalue weighted by atomic mass is 9.94. The molecule has 2 aliphatic rings. The Morgan fingerprint density at radius 3 is 2.18 bits per heavy atom. The SMILES string of the molecule is COc1cc2c(cc1OCCCNC(=O)c1cc(NC(=O)c3ccc(-c4ccc(NC(=O)[C@H](C)NC(=O)[C@@H](NC(=O)CCOCCOCCN)C(C)C)cc4)cc3)cn1C)N=C[C@@H]1Cc3ccccc3CN1C2=O. The Kier molecular flexibility index (Phi) is 18.7. The molecule has 0 aliphatic carbocycles. The van der Waals surface area contributed by atoms with Gasteiger partial charge in [-0.15, -0.1) is 0 Å². The number of benzene rings is 4. The third-order valence-electron chi connectivity index (χ3n) is 12.6. The van der Waals surface area contributed by atoms with E-state index in [9.17, 15) is 28.8 Å². The lowest BCUT2D eigenvalue weighted by Crippen LogP contribution is -2.53. The number of aryl methyl sites for hydroxylation is 1. The van der Waals surface area contributed by atoms with Crippen molar-refractivity contribution in [1.29, 1.82) is 0 Å². The summed E-state index contributed by atoms with van der Waals surface area (Å²) in [6.07, 6.45) is 4.72. The first-order valence-corrected chi connectivity index (χ1v) is 24.7. The van der Waals surface area contributed by atoms with E-state index in [-0.39, 0.29) is 55.2 Å². The van der Waals surface area contributed by atoms with Crippen LogP contribution in [-0.2, 0) is 43.9 Å². The quantitative estimate of drug-likeness (QED) is 0.0428. The molecule has 19 heteroatoms. The first-order chi connectivity index (χ1) is 35.7. The second kappa shape index (κ2) is 25.7. The number of nitrogens with two attached hydrogens (primary N) is 1. The van der Waals surface area contributed by atoms with Crippen LogP contribution in [0.5, 0.6) is 11.5 Å². The van der Waals surface area contributed by atoms with Crippen molar-refractivity contribution in [3.8, 4) is 22.6 Å². The van der Waals surface area contributed by atoms with Gasteiger partial charge in [-0.25, -0.2) is 0 Å². The lowest BCUT2D eigenvalue weighted by molar-refractivity contribution is -0.132. The molecule has 0 radical (unpaired) electrons. The number of amides is 6. The Balaban J connectivity index is 0.833. The van der Waals surface area contributed by atoms with E-state index in [2.05, 4.69) is 32.7 Å². The van der Waals surface area contributed by atoms with E-state index < -0.39 is 23.9 Å². The average molecular weight is 1010 g/mol. The van der Waals surface area contributed by atoms with Gasteiger partial charge in [0.15, 0.2) is 11.5 Å². The van der Waals surface area contributed by atoms with Gasteiger partial charge in [0, 0.05) is 62.8 Å². The molecule has 19 nitrogen and oxygen atoms in total. The van der Waals surface area contributed by atoms with Crippen LogP contribution in [0.1, 0.15) is 75.9 Å². The molecule has 2 aliphatic heterocycles. The minimum atomic E-state index is -0.897. The fourth-order valence-electron chi connectivity index (χ4n) is 8.46. The van der Waals surface area contributed by atoms with Gasteiger partial charge >= 0.3 is 0 Å². The van der Waals surface area contributed by atoms with Gasteiger partial charge in [0.2, 0.25) is 17.7 Å². The first-order valence-electron chi connectivity index (χ1n) is 24.7. The third-order valence-corrected chi connectivity index (χ3v) is 12.6. The zero-order valence-corrected chi connectivity index (χ0v) is 42.4. The van der Waals surface area contributed by atoms with E-state index in [1.54, 1.807) is 81.0 Å². The summed E-state index contributed by atoms with van der Waals surface area (Å²) < 4.78 is 24.0. The maximum Gasteiger partial charge on any atom is 0.267 e. The minimum Gasteiger partial charge on any atom is -0.493 e. The van der Waals surface area contributed by atoms with Crippen molar-refractivity contribution in [2.75, 3.05) is 63.9 Å². The summed E-state index contributed by atoms with van der Waals surface area (Å²) in [5.74, 6) is -1.44. The van der Waals surface area contributed by atoms with Crippen LogP contribution in [0.3, 0.4) is 0 Å². The van der Waals surface area contributed by atoms with Gasteiger partial charge in [-0.2, -0.15) is 0 Å². The first kappa shape index (κ1) is 53.9. The number of anilines is 2. The molecule has 0 saturated heterocycles. The molecule has 0 unspecified atom stereocenters. The Morgan fingerprint density at radius 2 is 1.47 bits per heavy atom. The van der Waals surface area contributed by atoms with Gasteiger partial charge in [-0.1, -0.05) is 62.4 Å². The molecule has 7 rings (SSSR count). The van der Waals surface area contributed by atoms with Crippen LogP contribution in [0.4, 0.5) is 17.1 Å². The van der Waals surface area contributed by atoms with Gasteiger partial charge in [-0.05, 0) is 84.3 Å². The number of rotatable bonds is 24. The van der Waals surface area contributed by atoms with Crippen molar-refractivity contribution in [3.63, 3.8) is 0 Å². The van der Waals surface area contributed by atoms with E-state index in [1.807, 2.05) is 53.6 Å². The summed E-state index contributed by atoms with van der Waals surface area (Å²) in [6.45, 7) is 7.95. The molecule has 3 heterocycles. The topological polar surface area (TPSA) is 246 Å². The molecule has 0 fully saturated rings. The van der Waals surface area contributed by atoms with Crippen molar-refractivity contribution in [1.82, 2.24) is 25.4 Å². The molecule has 0 saturated carbocycles. The molecule has 0 bridgehead atoms. The highest BCUT2D eigenvalue weighted by molar-refractivity contribution is 6.06. The van der Waals surface area contributed by atoms with Crippen molar-refractivity contribution in [2.45, 2.75) is 64.7 Å². The van der Waals surface area contributed by atoms with Gasteiger partial charge in [0.1, 0.15) is 17.8 Å². The summed E-state index contributed by atoms with van der Waals surface area (Å²) >= 11 is 0. The summed E-state index contributed by atoms with van der Waals surface area (Å²) in [5.41, 5.74) is 12.1. The Morgan fingerprint density at radius 1 is 0.770 bits per heavy atom. The number of hydrogen-bond donors (Lipinski definition) is 6. The number of aliphatic imine (C=N–C) groups is 1. The van der Waals surface area contributed by atoms with Crippen LogP contribution in [-0.4, -0.2) is 122 Å². The minimum absolute atomic E-state index is 0.0638. The van der Waals surface area contributed by atoms with Gasteiger partial charge in [0.25, 0.3) is 17.7 Å². The monoisotopic (exact) mass is 1010 g/mol. The number of ether oxygens (including phenoxy) is 4. The van der Waals surface area contributed by atoms with Crippen LogP contribution in [0, 0.1) is 5.92 Å². The normalized spacial score (nSPS) is 14.4. The largest absolute Gasteiger partial charge is 0.493 e. The molecule has 74 heavy (non-hydrogen) atoms. The number of nitrogens with one attached hydrogen (secondary N) is 5. The van der Waals surface area contributed by atoms with Gasteiger partial charge < -0.3 is 60.7 Å². The molecule has 6 amide bonds. The van der Waals surface area contributed by atoms with Crippen LogP contribution in [0.25, 0.3) is 11.1 Å². The number of methoxy groups -OCH3 is 1. The van der Waals surface area contributed by atoms with E-state index in [4.69, 9.17) is 29.7 Å². The molecule has 5 aromatic rings. The van der Waals surface area contributed by atoms with Crippen molar-refractivity contribution in [3.05, 3.63) is 125 Å². The van der Waals surface area contributed by atoms with Crippen molar-refractivity contribution in [2.24, 2.45) is 23.7 Å². The highest BCUT2D eigenvalue weighted by Gasteiger charge is 2.33. The van der Waals surface area contributed by atoms with Crippen LogP contribution in [0.15, 0.2) is 102 Å². The number of fused-ring (bicyclic) bond motifs is 3. The van der Waals surface area contributed by atoms with Crippen LogP contribution < -0.4 is 41.8 Å². The van der Waals surface area contributed by atoms with Crippen molar-refractivity contribution >= 4 is 58.7 Å². The molecule has 1 aromatic heterocycles. The van der Waals surface area contributed by atoms with E-state index in [0.29, 0.717) is 97.7 Å². The third kappa shape index (κ3) is 14.0. The highest BCUT2D eigenvalue weighted by atomic mass is 16.5. The summed E-state index contributed by atoms with van der Waals surface area (Å²) in [6, 6.07) is 25.4. The Hall–Kier alpha value is -7.87. The molecule has 390 valence electrons. The fraction of sp³-hybridized carbons (Fsp3) is 0.364.